The smallest absolute Gasteiger partial charge is 0.128 e. The number of anilines is 2. The number of hydrogen-bond acceptors (Lipinski definition) is 2. The maximum absolute atomic E-state index is 14.0. The molecule has 3 rings (SSSR count). The Kier molecular flexibility index (Phi) is 4.02. The van der Waals surface area contributed by atoms with E-state index in [2.05, 4.69) is 4.90 Å². The van der Waals surface area contributed by atoms with Crippen LogP contribution in [0.4, 0.5) is 15.8 Å². The van der Waals surface area contributed by atoms with Crippen molar-refractivity contribution in [1.29, 1.82) is 0 Å². The minimum absolute atomic E-state index is 0.194. The van der Waals surface area contributed by atoms with Gasteiger partial charge in [0.1, 0.15) is 5.82 Å². The Hall–Kier alpha value is -1.74. The summed E-state index contributed by atoms with van der Waals surface area (Å²) in [5.41, 5.74) is 8.68. The molecule has 2 N–H and O–H groups in total. The molecule has 4 heteroatoms. The number of rotatable bonds is 2. The van der Waals surface area contributed by atoms with Gasteiger partial charge in [-0.3, -0.25) is 0 Å². The summed E-state index contributed by atoms with van der Waals surface area (Å²) in [6.45, 7) is 1.78. The summed E-state index contributed by atoms with van der Waals surface area (Å²) in [6, 6.07) is 12.9. The van der Waals surface area contributed by atoms with Gasteiger partial charge in [-0.2, -0.15) is 0 Å². The van der Waals surface area contributed by atoms with Crippen LogP contribution in [0.3, 0.4) is 0 Å². The Bertz CT molecular complexity index is 636. The Balaban J connectivity index is 1.72. The summed E-state index contributed by atoms with van der Waals surface area (Å²) >= 11 is 5.81. The van der Waals surface area contributed by atoms with Crippen LogP contribution in [0, 0.1) is 5.82 Å². The Morgan fingerprint density at radius 2 is 1.81 bits per heavy atom. The molecule has 0 aromatic heterocycles. The van der Waals surface area contributed by atoms with Gasteiger partial charge in [0, 0.05) is 18.1 Å². The highest BCUT2D eigenvalue weighted by Gasteiger charge is 2.23. The summed E-state index contributed by atoms with van der Waals surface area (Å²) in [6.07, 6.45) is 1.85. The van der Waals surface area contributed by atoms with E-state index in [1.54, 1.807) is 6.07 Å². The first-order chi connectivity index (χ1) is 10.1. The van der Waals surface area contributed by atoms with E-state index in [1.807, 2.05) is 30.3 Å². The highest BCUT2D eigenvalue weighted by Crippen LogP contribution is 2.34. The Labute approximate surface area is 129 Å². The maximum atomic E-state index is 14.0. The molecule has 1 heterocycles. The van der Waals surface area contributed by atoms with Crippen LogP contribution in [-0.2, 0) is 0 Å². The van der Waals surface area contributed by atoms with Gasteiger partial charge in [-0.05, 0) is 48.6 Å². The fourth-order valence-electron chi connectivity index (χ4n) is 3.04. The van der Waals surface area contributed by atoms with E-state index < -0.39 is 0 Å². The average molecular weight is 305 g/mol. The van der Waals surface area contributed by atoms with E-state index in [0.717, 1.165) is 42.9 Å². The lowest BCUT2D eigenvalue weighted by molar-refractivity contribution is 0.482. The zero-order valence-corrected chi connectivity index (χ0v) is 12.5. The first-order valence-corrected chi connectivity index (χ1v) is 7.57. The van der Waals surface area contributed by atoms with Crippen LogP contribution in [0.15, 0.2) is 42.5 Å². The first kappa shape index (κ1) is 14.2. The summed E-state index contributed by atoms with van der Waals surface area (Å²) in [5.74, 6) is 0.0589. The topological polar surface area (TPSA) is 29.3 Å². The van der Waals surface area contributed by atoms with Gasteiger partial charge in [-0.1, -0.05) is 29.8 Å². The molecule has 0 radical (unpaired) electrons. The molecule has 0 saturated carbocycles. The third-order valence-corrected chi connectivity index (χ3v) is 4.41. The van der Waals surface area contributed by atoms with Crippen molar-refractivity contribution in [3.63, 3.8) is 0 Å². The van der Waals surface area contributed by atoms with Gasteiger partial charge in [-0.15, -0.1) is 0 Å². The summed E-state index contributed by atoms with van der Waals surface area (Å²) < 4.78 is 14.0. The lowest BCUT2D eigenvalue weighted by atomic mass is 9.89. The van der Waals surface area contributed by atoms with Gasteiger partial charge in [0.05, 0.1) is 11.4 Å². The number of nitrogens with two attached hydrogens (primary N) is 1. The predicted octanol–water partition coefficient (Wildman–Crippen LogP) is 4.45. The number of para-hydroxylation sites is 2. The largest absolute Gasteiger partial charge is 0.397 e. The van der Waals surface area contributed by atoms with Crippen molar-refractivity contribution in [2.45, 2.75) is 18.8 Å². The molecule has 0 unspecified atom stereocenters. The second-order valence-electron chi connectivity index (χ2n) is 5.49. The van der Waals surface area contributed by atoms with Crippen molar-refractivity contribution < 1.29 is 4.39 Å². The Morgan fingerprint density at radius 1 is 1.10 bits per heavy atom. The van der Waals surface area contributed by atoms with Crippen LogP contribution in [-0.4, -0.2) is 13.1 Å². The van der Waals surface area contributed by atoms with Crippen LogP contribution < -0.4 is 10.6 Å². The molecule has 1 saturated heterocycles. The van der Waals surface area contributed by atoms with E-state index in [1.165, 1.54) is 6.07 Å². The van der Waals surface area contributed by atoms with E-state index in [9.17, 15) is 4.39 Å². The molecule has 0 bridgehead atoms. The van der Waals surface area contributed by atoms with E-state index in [-0.39, 0.29) is 11.7 Å². The second-order valence-corrected chi connectivity index (χ2v) is 5.92. The number of benzene rings is 2. The van der Waals surface area contributed by atoms with Crippen molar-refractivity contribution in [1.82, 2.24) is 0 Å². The molecule has 110 valence electrons. The summed E-state index contributed by atoms with van der Waals surface area (Å²) in [7, 11) is 0. The van der Waals surface area contributed by atoms with Gasteiger partial charge in [0.2, 0.25) is 0 Å². The number of piperidine rings is 1. The van der Waals surface area contributed by atoms with Crippen LogP contribution in [0.25, 0.3) is 0 Å². The van der Waals surface area contributed by atoms with Crippen LogP contribution in [0.2, 0.25) is 5.02 Å². The van der Waals surface area contributed by atoms with E-state index >= 15 is 0 Å². The molecule has 2 aromatic carbocycles. The molecule has 0 amide bonds. The molecule has 0 spiro atoms. The number of nitrogens with zero attached hydrogens (tertiary/aromatic N) is 1. The van der Waals surface area contributed by atoms with Crippen molar-refractivity contribution in [2.24, 2.45) is 0 Å². The molecular weight excluding hydrogens is 287 g/mol. The van der Waals surface area contributed by atoms with Crippen LogP contribution >= 0.6 is 11.6 Å². The number of nitrogen functional groups attached to an aromatic ring is 1. The highest BCUT2D eigenvalue weighted by atomic mass is 35.5. The molecule has 2 nitrogen and oxygen atoms in total. The predicted molar refractivity (Wildman–Crippen MR) is 86.5 cm³/mol. The fourth-order valence-corrected chi connectivity index (χ4v) is 3.20. The van der Waals surface area contributed by atoms with Crippen molar-refractivity contribution in [3.05, 3.63) is 58.9 Å². The van der Waals surface area contributed by atoms with Gasteiger partial charge in [-0.25, -0.2) is 4.39 Å². The lowest BCUT2D eigenvalue weighted by Gasteiger charge is -2.34. The minimum atomic E-state index is -0.194. The Morgan fingerprint density at radius 3 is 2.48 bits per heavy atom. The van der Waals surface area contributed by atoms with Crippen molar-refractivity contribution >= 4 is 23.0 Å². The summed E-state index contributed by atoms with van der Waals surface area (Å²) in [4.78, 5) is 2.28. The van der Waals surface area contributed by atoms with Gasteiger partial charge in [0.15, 0.2) is 0 Å². The van der Waals surface area contributed by atoms with Crippen molar-refractivity contribution in [3.8, 4) is 0 Å². The molecule has 2 aromatic rings. The van der Waals surface area contributed by atoms with E-state index in [4.69, 9.17) is 17.3 Å². The van der Waals surface area contributed by atoms with Crippen LogP contribution in [0.5, 0.6) is 0 Å². The SMILES string of the molecule is Nc1ccccc1N1CCC(c2ccc(Cl)cc2F)CC1. The zero-order chi connectivity index (χ0) is 14.8. The number of halogens is 2. The zero-order valence-electron chi connectivity index (χ0n) is 11.7. The highest BCUT2D eigenvalue weighted by molar-refractivity contribution is 6.30. The molecular formula is C17H18ClFN2. The normalized spacial score (nSPS) is 16.2. The molecule has 21 heavy (non-hydrogen) atoms. The molecule has 0 atom stereocenters. The first-order valence-electron chi connectivity index (χ1n) is 7.19. The molecule has 1 aliphatic rings. The standard InChI is InChI=1S/C17H18ClFN2/c18-13-5-6-14(15(19)11-13)12-7-9-21(10-8-12)17-4-2-1-3-16(17)20/h1-6,11-12H,7-10,20H2. The summed E-state index contributed by atoms with van der Waals surface area (Å²) in [5, 5.41) is 0.450. The molecule has 1 aliphatic heterocycles. The third-order valence-electron chi connectivity index (χ3n) is 4.17. The fraction of sp³-hybridized carbons (Fsp3) is 0.294. The molecule has 0 aliphatic carbocycles. The van der Waals surface area contributed by atoms with E-state index in [0.29, 0.717) is 5.02 Å². The minimum Gasteiger partial charge on any atom is -0.397 e. The monoisotopic (exact) mass is 304 g/mol. The second kappa shape index (κ2) is 5.94. The third kappa shape index (κ3) is 2.98. The van der Waals surface area contributed by atoms with Crippen LogP contribution in [0.1, 0.15) is 24.3 Å². The van der Waals surface area contributed by atoms with Gasteiger partial charge < -0.3 is 10.6 Å². The lowest BCUT2D eigenvalue weighted by Crippen LogP contribution is -2.33. The van der Waals surface area contributed by atoms with Gasteiger partial charge in [0.25, 0.3) is 0 Å². The molecule has 1 fully saturated rings. The van der Waals surface area contributed by atoms with Gasteiger partial charge >= 0.3 is 0 Å². The van der Waals surface area contributed by atoms with Crippen molar-refractivity contribution in [2.75, 3.05) is 23.7 Å². The average Bonchev–Trinajstić information content (AvgIpc) is 2.48. The quantitative estimate of drug-likeness (QED) is 0.831. The maximum Gasteiger partial charge on any atom is 0.128 e. The number of hydrogen-bond donors (Lipinski definition) is 1.